The van der Waals surface area contributed by atoms with E-state index < -0.39 is 0 Å². The van der Waals surface area contributed by atoms with Gasteiger partial charge in [-0.05, 0) is 48.9 Å². The number of benzene rings is 1. The number of rotatable bonds is 3. The third-order valence-electron chi connectivity index (χ3n) is 3.61. The van der Waals surface area contributed by atoms with Crippen LogP contribution in [0.3, 0.4) is 0 Å². The third kappa shape index (κ3) is 2.52. The van der Waals surface area contributed by atoms with Gasteiger partial charge in [-0.1, -0.05) is 0 Å². The summed E-state index contributed by atoms with van der Waals surface area (Å²) in [6.45, 7) is 2.09. The molecule has 0 N–H and O–H groups in total. The number of anilines is 1. The van der Waals surface area contributed by atoms with Crippen molar-refractivity contribution in [2.75, 3.05) is 19.0 Å². The molecular weight excluding hydrogens is 260 g/mol. The van der Waals surface area contributed by atoms with Crippen LogP contribution in [0.1, 0.15) is 5.69 Å². The van der Waals surface area contributed by atoms with Crippen LogP contribution in [-0.2, 0) is 0 Å². The van der Waals surface area contributed by atoms with Crippen molar-refractivity contribution in [3.63, 3.8) is 0 Å². The van der Waals surface area contributed by atoms with Crippen molar-refractivity contribution in [1.29, 1.82) is 0 Å². The fourth-order valence-electron chi connectivity index (χ4n) is 2.38. The Balaban J connectivity index is 1.99. The van der Waals surface area contributed by atoms with Gasteiger partial charge in [0.15, 0.2) is 0 Å². The second kappa shape index (κ2) is 5.40. The maximum absolute atomic E-state index is 4.52. The van der Waals surface area contributed by atoms with Crippen molar-refractivity contribution < 1.29 is 0 Å². The first-order valence-electron chi connectivity index (χ1n) is 6.89. The summed E-state index contributed by atoms with van der Waals surface area (Å²) in [4.78, 5) is 6.15. The van der Waals surface area contributed by atoms with Crippen molar-refractivity contribution in [1.82, 2.24) is 14.8 Å². The summed E-state index contributed by atoms with van der Waals surface area (Å²) < 4.78 is 1.97. The second-order valence-electron chi connectivity index (χ2n) is 5.20. The van der Waals surface area contributed by atoms with Crippen LogP contribution in [0.5, 0.6) is 0 Å². The number of aromatic nitrogens is 3. The maximum Gasteiger partial charge on any atom is 0.0650 e. The highest BCUT2D eigenvalue weighted by Gasteiger charge is 2.09. The van der Waals surface area contributed by atoms with Gasteiger partial charge in [-0.3, -0.25) is 4.98 Å². The van der Waals surface area contributed by atoms with E-state index in [1.54, 1.807) is 12.4 Å². The molecule has 3 rings (SSSR count). The highest BCUT2D eigenvalue weighted by atomic mass is 15.3. The molecule has 106 valence electrons. The van der Waals surface area contributed by atoms with E-state index in [-0.39, 0.29) is 0 Å². The molecule has 0 bridgehead atoms. The number of hydrogen-bond acceptors (Lipinski definition) is 3. The Morgan fingerprint density at radius 2 is 1.62 bits per heavy atom. The normalized spacial score (nSPS) is 10.6. The van der Waals surface area contributed by atoms with Gasteiger partial charge in [0.2, 0.25) is 0 Å². The highest BCUT2D eigenvalue weighted by molar-refractivity contribution is 5.65. The molecule has 0 unspecified atom stereocenters. The van der Waals surface area contributed by atoms with Crippen LogP contribution in [0.4, 0.5) is 5.69 Å². The standard InChI is InChI=1S/C17H18N4/c1-13-17(14-8-10-18-11-9-14)12-19-21(13)16-6-4-15(5-7-16)20(2)3/h4-12H,1-3H3. The van der Waals surface area contributed by atoms with Gasteiger partial charge in [-0.2, -0.15) is 5.10 Å². The first kappa shape index (κ1) is 13.4. The highest BCUT2D eigenvalue weighted by Crippen LogP contribution is 2.25. The van der Waals surface area contributed by atoms with Gasteiger partial charge < -0.3 is 4.90 Å². The van der Waals surface area contributed by atoms with Crippen molar-refractivity contribution in [2.24, 2.45) is 0 Å². The van der Waals surface area contributed by atoms with Crippen LogP contribution >= 0.6 is 0 Å². The predicted molar refractivity (Wildman–Crippen MR) is 85.9 cm³/mol. The monoisotopic (exact) mass is 278 g/mol. The molecule has 0 aliphatic rings. The first-order valence-corrected chi connectivity index (χ1v) is 6.89. The molecule has 2 aromatic heterocycles. The summed E-state index contributed by atoms with van der Waals surface area (Å²) >= 11 is 0. The Labute approximate surface area is 124 Å². The zero-order chi connectivity index (χ0) is 14.8. The Bertz CT molecular complexity index is 727. The van der Waals surface area contributed by atoms with Gasteiger partial charge >= 0.3 is 0 Å². The van der Waals surface area contributed by atoms with Crippen molar-refractivity contribution in [2.45, 2.75) is 6.92 Å². The van der Waals surface area contributed by atoms with E-state index >= 15 is 0 Å². The van der Waals surface area contributed by atoms with Gasteiger partial charge in [-0.15, -0.1) is 0 Å². The van der Waals surface area contributed by atoms with Crippen LogP contribution < -0.4 is 4.90 Å². The zero-order valence-corrected chi connectivity index (χ0v) is 12.5. The molecule has 0 aliphatic heterocycles. The molecular formula is C17H18N4. The van der Waals surface area contributed by atoms with Crippen molar-refractivity contribution >= 4 is 5.69 Å². The lowest BCUT2D eigenvalue weighted by Crippen LogP contribution is -2.08. The average Bonchev–Trinajstić information content (AvgIpc) is 2.90. The van der Waals surface area contributed by atoms with E-state index in [1.165, 1.54) is 5.69 Å². The smallest absolute Gasteiger partial charge is 0.0650 e. The summed E-state index contributed by atoms with van der Waals surface area (Å²) in [6.07, 6.45) is 5.51. The lowest BCUT2D eigenvalue weighted by atomic mass is 10.1. The quantitative estimate of drug-likeness (QED) is 0.737. The van der Waals surface area contributed by atoms with Gasteiger partial charge in [0.05, 0.1) is 11.9 Å². The van der Waals surface area contributed by atoms with Gasteiger partial charge in [0.1, 0.15) is 0 Å². The Morgan fingerprint density at radius 3 is 2.24 bits per heavy atom. The SMILES string of the molecule is Cc1c(-c2ccncc2)cnn1-c1ccc(N(C)C)cc1. The maximum atomic E-state index is 4.52. The van der Waals surface area contributed by atoms with Crippen LogP contribution in [-0.4, -0.2) is 28.9 Å². The largest absolute Gasteiger partial charge is 0.378 e. The van der Waals surface area contributed by atoms with Crippen LogP contribution in [0, 0.1) is 6.92 Å². The van der Waals surface area contributed by atoms with Crippen LogP contribution in [0.25, 0.3) is 16.8 Å². The molecule has 1 aromatic carbocycles. The van der Waals surface area contributed by atoms with E-state index in [9.17, 15) is 0 Å². The molecule has 4 nitrogen and oxygen atoms in total. The Kier molecular flexibility index (Phi) is 3.44. The van der Waals surface area contributed by atoms with Crippen molar-refractivity contribution in [3.8, 4) is 16.8 Å². The molecule has 0 radical (unpaired) electrons. The summed E-state index contributed by atoms with van der Waals surface area (Å²) in [5.74, 6) is 0. The van der Waals surface area contributed by atoms with E-state index in [2.05, 4.69) is 46.2 Å². The number of pyridine rings is 1. The average molecular weight is 278 g/mol. The van der Waals surface area contributed by atoms with E-state index in [1.807, 2.05) is 37.1 Å². The van der Waals surface area contributed by atoms with Gasteiger partial charge in [0.25, 0.3) is 0 Å². The van der Waals surface area contributed by atoms with E-state index in [0.717, 1.165) is 22.5 Å². The van der Waals surface area contributed by atoms with E-state index in [4.69, 9.17) is 0 Å². The minimum atomic E-state index is 1.07. The van der Waals surface area contributed by atoms with Crippen LogP contribution in [0.2, 0.25) is 0 Å². The van der Waals surface area contributed by atoms with Gasteiger partial charge in [-0.25, -0.2) is 4.68 Å². The summed E-state index contributed by atoms with van der Waals surface area (Å²) in [6, 6.07) is 12.4. The van der Waals surface area contributed by atoms with Crippen LogP contribution in [0.15, 0.2) is 55.0 Å². The molecule has 0 saturated heterocycles. The number of nitrogens with zero attached hydrogens (tertiary/aromatic N) is 4. The Morgan fingerprint density at radius 1 is 0.952 bits per heavy atom. The summed E-state index contributed by atoms with van der Waals surface area (Å²) in [5.41, 5.74) is 5.64. The minimum Gasteiger partial charge on any atom is -0.378 e. The molecule has 0 spiro atoms. The lowest BCUT2D eigenvalue weighted by molar-refractivity contribution is 0.847. The molecule has 21 heavy (non-hydrogen) atoms. The van der Waals surface area contributed by atoms with Gasteiger partial charge in [0, 0.05) is 43.4 Å². The summed E-state index contributed by atoms with van der Waals surface area (Å²) in [5, 5.41) is 4.52. The zero-order valence-electron chi connectivity index (χ0n) is 12.5. The minimum absolute atomic E-state index is 1.07. The topological polar surface area (TPSA) is 34.0 Å². The van der Waals surface area contributed by atoms with E-state index in [0.29, 0.717) is 0 Å². The first-order chi connectivity index (χ1) is 10.2. The molecule has 0 aliphatic carbocycles. The third-order valence-corrected chi connectivity index (χ3v) is 3.61. The molecule has 0 amide bonds. The second-order valence-corrected chi connectivity index (χ2v) is 5.20. The fourth-order valence-corrected chi connectivity index (χ4v) is 2.38. The molecule has 3 aromatic rings. The Hall–Kier alpha value is -2.62. The molecule has 4 heteroatoms. The molecule has 0 atom stereocenters. The molecule has 0 saturated carbocycles. The predicted octanol–water partition coefficient (Wildman–Crippen LogP) is 3.31. The summed E-state index contributed by atoms with van der Waals surface area (Å²) in [7, 11) is 4.07. The molecule has 0 fully saturated rings. The van der Waals surface area contributed by atoms with Crippen molar-refractivity contribution in [3.05, 3.63) is 60.7 Å². The molecule has 2 heterocycles. The fraction of sp³-hybridized carbons (Fsp3) is 0.176. The lowest BCUT2D eigenvalue weighted by Gasteiger charge is -2.13. The number of hydrogen-bond donors (Lipinski definition) is 0.